The van der Waals surface area contributed by atoms with E-state index in [0.29, 0.717) is 25.2 Å². The number of ether oxygens (including phenoxy) is 2. The molecule has 1 heterocycles. The Labute approximate surface area is 180 Å². The second-order valence-corrected chi connectivity index (χ2v) is 8.70. The molecule has 2 aromatic carbocycles. The summed E-state index contributed by atoms with van der Waals surface area (Å²) in [6.07, 6.45) is 0.902. The first-order chi connectivity index (χ1) is 14.8. The van der Waals surface area contributed by atoms with Crippen LogP contribution in [0.3, 0.4) is 0 Å². The lowest BCUT2D eigenvalue weighted by molar-refractivity contribution is 0.0600. The van der Waals surface area contributed by atoms with Gasteiger partial charge in [0.05, 0.1) is 48.9 Å². The Bertz CT molecular complexity index is 1130. The number of aliphatic hydroxyl groups excluding tert-OH is 1. The Morgan fingerprint density at radius 3 is 2.68 bits per heavy atom. The van der Waals surface area contributed by atoms with Crippen molar-refractivity contribution in [2.24, 2.45) is 0 Å². The lowest BCUT2D eigenvalue weighted by atomic mass is 10.1. The number of hydrogen-bond acceptors (Lipinski definition) is 8. The molecule has 164 valence electrons. The van der Waals surface area contributed by atoms with Gasteiger partial charge in [0.2, 0.25) is 0 Å². The summed E-state index contributed by atoms with van der Waals surface area (Å²) in [6, 6.07) is 10.6. The van der Waals surface area contributed by atoms with Gasteiger partial charge in [-0.3, -0.25) is 4.72 Å². The highest BCUT2D eigenvalue weighted by Gasteiger charge is 2.26. The zero-order valence-electron chi connectivity index (χ0n) is 17.2. The minimum absolute atomic E-state index is 0.0477. The second kappa shape index (κ2) is 9.24. The van der Waals surface area contributed by atoms with Crippen LogP contribution in [-0.2, 0) is 14.8 Å². The van der Waals surface area contributed by atoms with E-state index in [1.165, 1.54) is 38.5 Å². The molecule has 1 fully saturated rings. The highest BCUT2D eigenvalue weighted by molar-refractivity contribution is 7.92. The van der Waals surface area contributed by atoms with Crippen molar-refractivity contribution in [3.63, 3.8) is 0 Å². The fraction of sp³-hybridized carbons (Fsp3) is 0.333. The SMILES string of the molecule is COC(=O)c1ccc(OC)c(S(=O)(=O)Nc2cc(C#N)ccc2N2CCC[C@@H](O)C2)c1. The van der Waals surface area contributed by atoms with E-state index in [2.05, 4.69) is 9.46 Å². The quantitative estimate of drug-likeness (QED) is 0.647. The summed E-state index contributed by atoms with van der Waals surface area (Å²) in [5.41, 5.74) is 1.06. The van der Waals surface area contributed by atoms with Crippen LogP contribution in [-0.4, -0.2) is 52.9 Å². The highest BCUT2D eigenvalue weighted by Crippen LogP contribution is 2.33. The number of piperidine rings is 1. The average Bonchev–Trinajstić information content (AvgIpc) is 2.77. The third-order valence-corrected chi connectivity index (χ3v) is 6.37. The molecule has 1 saturated heterocycles. The Morgan fingerprint density at radius 2 is 2.03 bits per heavy atom. The van der Waals surface area contributed by atoms with E-state index in [4.69, 9.17) is 4.74 Å². The van der Waals surface area contributed by atoms with Crippen LogP contribution in [0.15, 0.2) is 41.3 Å². The number of nitriles is 1. The van der Waals surface area contributed by atoms with E-state index in [9.17, 15) is 23.6 Å². The van der Waals surface area contributed by atoms with E-state index in [-0.39, 0.29) is 27.5 Å². The number of anilines is 2. The largest absolute Gasteiger partial charge is 0.495 e. The number of nitrogens with one attached hydrogen (secondary N) is 1. The Morgan fingerprint density at radius 1 is 1.26 bits per heavy atom. The number of β-amino-alcohol motifs (C(OH)–C–C–N with tert-alkyl or cyclic N) is 1. The first kappa shape index (κ1) is 22.4. The molecule has 2 aromatic rings. The van der Waals surface area contributed by atoms with Crippen molar-refractivity contribution in [3.8, 4) is 11.8 Å². The molecule has 0 saturated carbocycles. The Kier molecular flexibility index (Phi) is 6.68. The summed E-state index contributed by atoms with van der Waals surface area (Å²) in [5, 5.41) is 19.3. The molecule has 0 amide bonds. The lowest BCUT2D eigenvalue weighted by Gasteiger charge is -2.33. The zero-order chi connectivity index (χ0) is 22.6. The van der Waals surface area contributed by atoms with Gasteiger partial charge in [-0.2, -0.15) is 5.26 Å². The van der Waals surface area contributed by atoms with Crippen molar-refractivity contribution in [2.45, 2.75) is 23.8 Å². The second-order valence-electron chi connectivity index (χ2n) is 7.05. The average molecular weight is 445 g/mol. The van der Waals surface area contributed by atoms with Crippen LogP contribution in [0.5, 0.6) is 5.75 Å². The number of carbonyl (C=O) groups excluding carboxylic acids is 1. The van der Waals surface area contributed by atoms with Gasteiger partial charge in [-0.1, -0.05) is 0 Å². The predicted octanol–water partition coefficient (Wildman–Crippen LogP) is 2.12. The normalized spacial score (nSPS) is 16.3. The van der Waals surface area contributed by atoms with Crippen LogP contribution in [0.1, 0.15) is 28.8 Å². The number of hydrogen-bond donors (Lipinski definition) is 2. The molecule has 10 heteroatoms. The molecular weight excluding hydrogens is 422 g/mol. The molecule has 3 rings (SSSR count). The maximum absolute atomic E-state index is 13.2. The number of aliphatic hydroxyl groups is 1. The van der Waals surface area contributed by atoms with Crippen LogP contribution >= 0.6 is 0 Å². The smallest absolute Gasteiger partial charge is 0.337 e. The molecule has 1 aliphatic rings. The summed E-state index contributed by atoms with van der Waals surface area (Å²) in [6.45, 7) is 0.987. The number of sulfonamides is 1. The van der Waals surface area contributed by atoms with Crippen molar-refractivity contribution in [1.29, 1.82) is 5.26 Å². The fourth-order valence-corrected chi connectivity index (χ4v) is 4.73. The molecule has 1 atom stereocenters. The first-order valence-electron chi connectivity index (χ1n) is 9.55. The summed E-state index contributed by atoms with van der Waals surface area (Å²) < 4.78 is 38.9. The van der Waals surface area contributed by atoms with Gasteiger partial charge in [-0.05, 0) is 49.2 Å². The van der Waals surface area contributed by atoms with Gasteiger partial charge in [-0.15, -0.1) is 0 Å². The lowest BCUT2D eigenvalue weighted by Crippen LogP contribution is -2.38. The number of methoxy groups -OCH3 is 2. The van der Waals surface area contributed by atoms with E-state index < -0.39 is 22.1 Å². The summed E-state index contributed by atoms with van der Waals surface area (Å²) >= 11 is 0. The molecule has 0 aromatic heterocycles. The van der Waals surface area contributed by atoms with Crippen molar-refractivity contribution >= 4 is 27.4 Å². The fourth-order valence-electron chi connectivity index (χ4n) is 3.47. The topological polar surface area (TPSA) is 129 Å². The molecular formula is C21H23N3O6S. The Balaban J connectivity index is 2.05. The van der Waals surface area contributed by atoms with Gasteiger partial charge in [0.1, 0.15) is 10.6 Å². The van der Waals surface area contributed by atoms with Crippen molar-refractivity contribution in [1.82, 2.24) is 0 Å². The van der Waals surface area contributed by atoms with Gasteiger partial charge < -0.3 is 19.5 Å². The maximum atomic E-state index is 13.2. The van der Waals surface area contributed by atoms with Crippen LogP contribution in [0, 0.1) is 11.3 Å². The van der Waals surface area contributed by atoms with Gasteiger partial charge in [-0.25, -0.2) is 13.2 Å². The molecule has 0 bridgehead atoms. The third kappa shape index (κ3) is 4.90. The van der Waals surface area contributed by atoms with Gasteiger partial charge in [0, 0.05) is 13.1 Å². The number of rotatable bonds is 6. The molecule has 0 aliphatic carbocycles. The summed E-state index contributed by atoms with van der Waals surface area (Å²) in [4.78, 5) is 13.5. The van der Waals surface area contributed by atoms with Gasteiger partial charge in [0.15, 0.2) is 0 Å². The van der Waals surface area contributed by atoms with Crippen molar-refractivity contribution in [3.05, 3.63) is 47.5 Å². The molecule has 1 aliphatic heterocycles. The predicted molar refractivity (Wildman–Crippen MR) is 114 cm³/mol. The van der Waals surface area contributed by atoms with Crippen molar-refractivity contribution in [2.75, 3.05) is 36.9 Å². The molecule has 31 heavy (non-hydrogen) atoms. The number of nitrogens with zero attached hydrogens (tertiary/aromatic N) is 2. The maximum Gasteiger partial charge on any atom is 0.337 e. The molecule has 0 radical (unpaired) electrons. The zero-order valence-corrected chi connectivity index (χ0v) is 18.0. The minimum Gasteiger partial charge on any atom is -0.495 e. The molecule has 0 unspecified atom stereocenters. The monoisotopic (exact) mass is 445 g/mol. The summed E-state index contributed by atoms with van der Waals surface area (Å²) in [5.74, 6) is -0.639. The van der Waals surface area contributed by atoms with Crippen LogP contribution < -0.4 is 14.4 Å². The van der Waals surface area contributed by atoms with Crippen LogP contribution in [0.2, 0.25) is 0 Å². The Hall–Kier alpha value is -3.29. The first-order valence-corrected chi connectivity index (χ1v) is 11.0. The number of carbonyl (C=O) groups is 1. The van der Waals surface area contributed by atoms with Gasteiger partial charge in [0.25, 0.3) is 10.0 Å². The number of benzene rings is 2. The van der Waals surface area contributed by atoms with E-state index in [1.54, 1.807) is 12.1 Å². The number of esters is 1. The van der Waals surface area contributed by atoms with E-state index >= 15 is 0 Å². The van der Waals surface area contributed by atoms with E-state index in [0.717, 1.165) is 6.42 Å². The van der Waals surface area contributed by atoms with E-state index in [1.807, 2.05) is 11.0 Å². The van der Waals surface area contributed by atoms with Crippen LogP contribution in [0.25, 0.3) is 0 Å². The minimum atomic E-state index is -4.20. The van der Waals surface area contributed by atoms with Crippen molar-refractivity contribution < 1.29 is 27.8 Å². The van der Waals surface area contributed by atoms with Gasteiger partial charge >= 0.3 is 5.97 Å². The molecule has 2 N–H and O–H groups in total. The van der Waals surface area contributed by atoms with Crippen LogP contribution in [0.4, 0.5) is 11.4 Å². The standard InChI is InChI=1S/C21H23N3O6S/c1-29-19-8-6-15(21(26)30-2)11-20(19)31(27,28)23-17-10-14(12-22)5-7-18(17)24-9-3-4-16(25)13-24/h5-8,10-11,16,23,25H,3-4,9,13H2,1-2H3/t16-/m1/s1. The third-order valence-electron chi connectivity index (χ3n) is 4.98. The highest BCUT2D eigenvalue weighted by atomic mass is 32.2. The summed E-state index contributed by atoms with van der Waals surface area (Å²) in [7, 11) is -1.68. The molecule has 9 nitrogen and oxygen atoms in total. The molecule has 0 spiro atoms.